The summed E-state index contributed by atoms with van der Waals surface area (Å²) in [5, 5.41) is 4.82. The minimum atomic E-state index is 0.0624. The lowest BCUT2D eigenvalue weighted by molar-refractivity contribution is -0.119. The number of aryl methyl sites for hydroxylation is 1. The number of amides is 1. The number of nitrogens with one attached hydrogen (secondary N) is 1. The van der Waals surface area contributed by atoms with E-state index in [2.05, 4.69) is 15.3 Å². The van der Waals surface area contributed by atoms with Crippen molar-refractivity contribution >= 4 is 39.7 Å². The fourth-order valence-electron chi connectivity index (χ4n) is 3.24. The van der Waals surface area contributed by atoms with E-state index in [1.165, 1.54) is 24.6 Å². The van der Waals surface area contributed by atoms with Crippen molar-refractivity contribution in [3.05, 3.63) is 30.1 Å². The Balaban J connectivity index is 1.58. The van der Waals surface area contributed by atoms with Crippen LogP contribution in [0.1, 0.15) is 31.5 Å². The molecule has 3 aromatic rings. The van der Waals surface area contributed by atoms with E-state index in [1.54, 1.807) is 0 Å². The molecule has 0 saturated heterocycles. The normalized spacial score (nSPS) is 15.4. The maximum Gasteiger partial charge on any atom is 0.230 e. The predicted molar refractivity (Wildman–Crippen MR) is 95.2 cm³/mol. The van der Waals surface area contributed by atoms with Crippen molar-refractivity contribution in [3.63, 3.8) is 0 Å². The van der Waals surface area contributed by atoms with Crippen molar-refractivity contribution in [3.8, 4) is 0 Å². The van der Waals surface area contributed by atoms with Gasteiger partial charge in [0, 0.05) is 11.4 Å². The third-order valence-electron chi connectivity index (χ3n) is 4.36. The monoisotopic (exact) mass is 341 g/mol. The second-order valence-corrected chi connectivity index (χ2v) is 7.15. The van der Waals surface area contributed by atoms with E-state index in [-0.39, 0.29) is 5.91 Å². The van der Waals surface area contributed by atoms with Crippen LogP contribution < -0.4 is 5.32 Å². The molecule has 1 saturated carbocycles. The maximum atomic E-state index is 12.2. The highest BCUT2D eigenvalue weighted by molar-refractivity contribution is 8.00. The molecule has 1 amide bonds. The van der Waals surface area contributed by atoms with E-state index < -0.39 is 0 Å². The van der Waals surface area contributed by atoms with Crippen molar-refractivity contribution < 1.29 is 9.21 Å². The summed E-state index contributed by atoms with van der Waals surface area (Å²) in [5.41, 5.74) is 2.28. The van der Waals surface area contributed by atoms with Crippen molar-refractivity contribution in [2.45, 2.75) is 43.7 Å². The van der Waals surface area contributed by atoms with Crippen LogP contribution in [-0.2, 0) is 4.79 Å². The molecule has 5 nitrogen and oxygen atoms in total. The molecule has 1 N–H and O–H groups in total. The van der Waals surface area contributed by atoms with Gasteiger partial charge < -0.3 is 9.73 Å². The number of nitrogens with zero attached hydrogens (tertiary/aromatic N) is 2. The van der Waals surface area contributed by atoms with Gasteiger partial charge in [-0.3, -0.25) is 4.79 Å². The van der Waals surface area contributed by atoms with Gasteiger partial charge >= 0.3 is 0 Å². The van der Waals surface area contributed by atoms with Crippen LogP contribution in [0.5, 0.6) is 0 Å². The quantitative estimate of drug-likeness (QED) is 0.577. The highest BCUT2D eigenvalue weighted by Crippen LogP contribution is 2.33. The fraction of sp³-hybridized carbons (Fsp3) is 0.389. The number of thioether (sulfide) groups is 1. The van der Waals surface area contributed by atoms with Crippen LogP contribution in [0, 0.1) is 6.92 Å². The average molecular weight is 341 g/mol. The van der Waals surface area contributed by atoms with Gasteiger partial charge in [0.25, 0.3) is 0 Å². The molecule has 0 bridgehead atoms. The van der Waals surface area contributed by atoms with Crippen molar-refractivity contribution in [1.29, 1.82) is 0 Å². The first kappa shape index (κ1) is 15.4. The zero-order valence-electron chi connectivity index (χ0n) is 13.5. The zero-order chi connectivity index (χ0) is 16.5. The molecule has 0 aliphatic heterocycles. The molecule has 2 heterocycles. The highest BCUT2D eigenvalue weighted by Gasteiger charge is 2.19. The number of carbonyl (C=O) groups is 1. The first-order valence-electron chi connectivity index (χ1n) is 8.29. The minimum absolute atomic E-state index is 0.0624. The molecule has 2 aromatic heterocycles. The van der Waals surface area contributed by atoms with Crippen LogP contribution in [0.2, 0.25) is 0 Å². The third-order valence-corrected chi connectivity index (χ3v) is 5.32. The Morgan fingerprint density at radius 2 is 2.08 bits per heavy atom. The van der Waals surface area contributed by atoms with E-state index in [9.17, 15) is 4.79 Å². The molecule has 6 heteroatoms. The Morgan fingerprint density at radius 1 is 1.29 bits per heavy atom. The van der Waals surface area contributed by atoms with Crippen molar-refractivity contribution in [2.24, 2.45) is 0 Å². The summed E-state index contributed by atoms with van der Waals surface area (Å²) in [6.45, 7) is 1.86. The number of rotatable bonds is 4. The molecule has 0 radical (unpaired) electrons. The Morgan fingerprint density at radius 3 is 2.92 bits per heavy atom. The third kappa shape index (κ3) is 2.98. The Bertz CT molecular complexity index is 900. The minimum Gasteiger partial charge on any atom is -0.451 e. The Hall–Kier alpha value is -2.08. The van der Waals surface area contributed by atoms with Gasteiger partial charge in [-0.05, 0) is 31.9 Å². The standard InChI is InChI=1S/C18H19N3O2S/c1-11-19-16-13-8-4-5-9-14(13)23-17(16)18(20-11)24-10-15(22)21-12-6-2-3-7-12/h4-5,8-9,12H,2-3,6-7,10H2,1H3,(H,21,22). The summed E-state index contributed by atoms with van der Waals surface area (Å²) in [6.07, 6.45) is 4.61. The molecule has 1 aliphatic rings. The molecular formula is C18H19N3O2S. The van der Waals surface area contributed by atoms with Gasteiger partial charge in [-0.15, -0.1) is 0 Å². The van der Waals surface area contributed by atoms with Crippen LogP contribution in [0.15, 0.2) is 33.7 Å². The molecule has 124 valence electrons. The van der Waals surface area contributed by atoms with E-state index >= 15 is 0 Å². The second-order valence-electron chi connectivity index (χ2n) is 6.19. The summed E-state index contributed by atoms with van der Waals surface area (Å²) < 4.78 is 5.93. The first-order valence-corrected chi connectivity index (χ1v) is 9.27. The van der Waals surface area contributed by atoms with Crippen molar-refractivity contribution in [1.82, 2.24) is 15.3 Å². The number of furan rings is 1. The smallest absolute Gasteiger partial charge is 0.230 e. The number of para-hydroxylation sites is 1. The molecular weight excluding hydrogens is 322 g/mol. The molecule has 0 atom stereocenters. The number of hydrogen-bond acceptors (Lipinski definition) is 5. The second kappa shape index (κ2) is 6.43. The molecule has 24 heavy (non-hydrogen) atoms. The van der Waals surface area contributed by atoms with Gasteiger partial charge in [-0.2, -0.15) is 0 Å². The van der Waals surface area contributed by atoms with E-state index in [0.717, 1.165) is 34.4 Å². The lowest BCUT2D eigenvalue weighted by atomic mass is 10.2. The van der Waals surface area contributed by atoms with Gasteiger partial charge in [0.15, 0.2) is 5.58 Å². The van der Waals surface area contributed by atoms with Crippen LogP contribution >= 0.6 is 11.8 Å². The zero-order valence-corrected chi connectivity index (χ0v) is 14.4. The molecule has 1 aliphatic carbocycles. The topological polar surface area (TPSA) is 68.0 Å². The molecule has 4 rings (SSSR count). The lowest BCUT2D eigenvalue weighted by Gasteiger charge is -2.11. The van der Waals surface area contributed by atoms with Gasteiger partial charge in [0.2, 0.25) is 5.91 Å². The highest BCUT2D eigenvalue weighted by atomic mass is 32.2. The molecule has 1 fully saturated rings. The molecule has 1 aromatic carbocycles. The van der Waals surface area contributed by atoms with E-state index in [4.69, 9.17) is 4.42 Å². The van der Waals surface area contributed by atoms with Crippen LogP contribution in [0.4, 0.5) is 0 Å². The van der Waals surface area contributed by atoms with Crippen LogP contribution in [-0.4, -0.2) is 27.7 Å². The number of carbonyl (C=O) groups excluding carboxylic acids is 1. The summed E-state index contributed by atoms with van der Waals surface area (Å²) in [6, 6.07) is 8.17. The first-order chi connectivity index (χ1) is 11.7. The summed E-state index contributed by atoms with van der Waals surface area (Å²) in [4.78, 5) is 21.2. The largest absolute Gasteiger partial charge is 0.451 e. The van der Waals surface area contributed by atoms with E-state index in [1.807, 2.05) is 31.2 Å². The van der Waals surface area contributed by atoms with E-state index in [0.29, 0.717) is 23.2 Å². The number of benzene rings is 1. The van der Waals surface area contributed by atoms with Gasteiger partial charge in [0.05, 0.1) is 5.75 Å². The number of aromatic nitrogens is 2. The predicted octanol–water partition coefficient (Wildman–Crippen LogP) is 3.84. The summed E-state index contributed by atoms with van der Waals surface area (Å²) in [7, 11) is 0. The SMILES string of the molecule is Cc1nc(SCC(=O)NC2CCCC2)c2oc3ccccc3c2n1. The van der Waals surface area contributed by atoms with Crippen molar-refractivity contribution in [2.75, 3.05) is 5.75 Å². The summed E-state index contributed by atoms with van der Waals surface area (Å²) >= 11 is 1.41. The summed E-state index contributed by atoms with van der Waals surface area (Å²) in [5.74, 6) is 1.10. The van der Waals surface area contributed by atoms with Crippen LogP contribution in [0.25, 0.3) is 22.1 Å². The maximum absolute atomic E-state index is 12.2. The number of fused-ring (bicyclic) bond motifs is 3. The van der Waals surface area contributed by atoms with Gasteiger partial charge in [-0.1, -0.05) is 36.7 Å². The molecule has 0 spiro atoms. The Kier molecular flexibility index (Phi) is 4.14. The van der Waals surface area contributed by atoms with Gasteiger partial charge in [-0.25, -0.2) is 9.97 Å². The van der Waals surface area contributed by atoms with Gasteiger partial charge in [0.1, 0.15) is 22.0 Å². The average Bonchev–Trinajstić information content (AvgIpc) is 3.20. The lowest BCUT2D eigenvalue weighted by Crippen LogP contribution is -2.33. The fourth-order valence-corrected chi connectivity index (χ4v) is 4.06. The number of hydrogen-bond donors (Lipinski definition) is 1. The molecule has 0 unspecified atom stereocenters. The Labute approximate surface area is 144 Å². The van der Waals surface area contributed by atoms with Crippen LogP contribution in [0.3, 0.4) is 0 Å².